The summed E-state index contributed by atoms with van der Waals surface area (Å²) >= 11 is 5.82. The summed E-state index contributed by atoms with van der Waals surface area (Å²) in [5, 5.41) is 0.875. The molecule has 4 rings (SSSR count). The Bertz CT molecular complexity index is 1050. The highest BCUT2D eigenvalue weighted by molar-refractivity contribution is 6.31. The number of halogens is 1. The van der Waals surface area contributed by atoms with Crippen LogP contribution in [0.3, 0.4) is 0 Å². The summed E-state index contributed by atoms with van der Waals surface area (Å²) in [4.78, 5) is 32.7. The Balaban J connectivity index is 0.000000387. The van der Waals surface area contributed by atoms with Crippen LogP contribution in [0.2, 0.25) is 5.02 Å². The predicted octanol–water partition coefficient (Wildman–Crippen LogP) is 6.67. The first kappa shape index (κ1) is 31.8. The molecular weight excluding hydrogens is 496 g/mol. The molecule has 0 saturated carbocycles. The van der Waals surface area contributed by atoms with Gasteiger partial charge in [0.15, 0.2) is 5.78 Å². The van der Waals surface area contributed by atoms with Crippen molar-refractivity contribution in [2.24, 2.45) is 11.8 Å². The average Bonchev–Trinajstić information content (AvgIpc) is 3.36. The lowest BCUT2D eigenvalue weighted by Gasteiger charge is -2.29. The van der Waals surface area contributed by atoms with Crippen molar-refractivity contribution in [1.82, 2.24) is 19.4 Å². The van der Waals surface area contributed by atoms with Crippen LogP contribution in [0.15, 0.2) is 42.6 Å². The number of ketones is 1. The number of rotatable bonds is 5. The molecule has 0 spiro atoms. The van der Waals surface area contributed by atoms with Crippen molar-refractivity contribution in [3.05, 3.63) is 64.7 Å². The molecule has 0 N–H and O–H groups in total. The van der Waals surface area contributed by atoms with Crippen molar-refractivity contribution in [2.75, 3.05) is 26.2 Å². The van der Waals surface area contributed by atoms with Crippen molar-refractivity contribution in [3.63, 3.8) is 0 Å². The summed E-state index contributed by atoms with van der Waals surface area (Å²) < 4.78 is 1.93. The molecule has 7 heteroatoms. The highest BCUT2D eigenvalue weighted by atomic mass is 35.5. The van der Waals surface area contributed by atoms with E-state index in [1.807, 2.05) is 48.8 Å². The van der Waals surface area contributed by atoms with Crippen LogP contribution in [0.1, 0.15) is 82.7 Å². The summed E-state index contributed by atoms with van der Waals surface area (Å²) in [6, 6.07) is 7.91. The Morgan fingerprint density at radius 1 is 1.05 bits per heavy atom. The Labute approximate surface area is 235 Å². The first-order valence-corrected chi connectivity index (χ1v) is 14.6. The van der Waals surface area contributed by atoms with E-state index in [1.165, 1.54) is 24.8 Å². The highest BCUT2D eigenvalue weighted by Crippen LogP contribution is 2.23. The van der Waals surface area contributed by atoms with Crippen LogP contribution in [-0.4, -0.2) is 57.2 Å². The van der Waals surface area contributed by atoms with Crippen molar-refractivity contribution < 1.29 is 9.59 Å². The second kappa shape index (κ2) is 16.5. The number of benzene rings is 1. The zero-order valence-corrected chi connectivity index (χ0v) is 25.0. The molecule has 6 nitrogen and oxygen atoms in total. The lowest BCUT2D eigenvalue weighted by atomic mass is 9.87. The van der Waals surface area contributed by atoms with E-state index in [4.69, 9.17) is 11.6 Å². The molecule has 2 atom stereocenters. The molecule has 2 aliphatic heterocycles. The van der Waals surface area contributed by atoms with Gasteiger partial charge in [0.2, 0.25) is 5.91 Å². The first-order chi connectivity index (χ1) is 18.3. The second-order valence-corrected chi connectivity index (χ2v) is 10.5. The quantitative estimate of drug-likeness (QED) is 0.312. The number of carbonyl (C=O) groups is 2. The Kier molecular flexibility index (Phi) is 13.8. The van der Waals surface area contributed by atoms with Crippen LogP contribution < -0.4 is 0 Å². The SMILES string of the molecule is CC.CC(=O)c1cnc2n1CCN(C(=O)/C=C/CN1CCCC(C)C(C)CC1)C2.CCc1ccccc1Cl. The summed E-state index contributed by atoms with van der Waals surface area (Å²) in [6.45, 7) is 17.1. The summed E-state index contributed by atoms with van der Waals surface area (Å²) in [6.07, 6.45) is 10.1. The highest BCUT2D eigenvalue weighted by Gasteiger charge is 2.23. The number of fused-ring (bicyclic) bond motifs is 1. The smallest absolute Gasteiger partial charge is 0.246 e. The average molecular weight is 543 g/mol. The number of hydrogen-bond acceptors (Lipinski definition) is 4. The van der Waals surface area contributed by atoms with E-state index in [-0.39, 0.29) is 11.7 Å². The third-order valence-corrected chi connectivity index (χ3v) is 7.87. The Morgan fingerprint density at radius 3 is 2.42 bits per heavy atom. The van der Waals surface area contributed by atoms with Gasteiger partial charge in [-0.05, 0) is 62.2 Å². The van der Waals surface area contributed by atoms with Crippen molar-refractivity contribution in [1.29, 1.82) is 0 Å². The van der Waals surface area contributed by atoms with Gasteiger partial charge in [0.1, 0.15) is 11.5 Å². The van der Waals surface area contributed by atoms with Gasteiger partial charge in [-0.15, -0.1) is 0 Å². The van der Waals surface area contributed by atoms with E-state index in [0.717, 1.165) is 48.7 Å². The number of amides is 1. The van der Waals surface area contributed by atoms with Crippen molar-refractivity contribution in [3.8, 4) is 0 Å². The minimum atomic E-state index is 0.0189. The van der Waals surface area contributed by atoms with Gasteiger partial charge in [0.25, 0.3) is 0 Å². The zero-order chi connectivity index (χ0) is 28.1. The van der Waals surface area contributed by atoms with Gasteiger partial charge in [-0.3, -0.25) is 14.5 Å². The number of aromatic nitrogens is 2. The fourth-order valence-corrected chi connectivity index (χ4v) is 5.08. The molecule has 2 unspecified atom stereocenters. The summed E-state index contributed by atoms with van der Waals surface area (Å²) in [7, 11) is 0. The lowest BCUT2D eigenvalue weighted by molar-refractivity contribution is -0.127. The van der Waals surface area contributed by atoms with Crippen molar-refractivity contribution in [2.45, 2.75) is 80.3 Å². The summed E-state index contributed by atoms with van der Waals surface area (Å²) in [5.41, 5.74) is 1.85. The molecule has 210 valence electrons. The molecule has 0 bridgehead atoms. The maximum Gasteiger partial charge on any atom is 0.246 e. The van der Waals surface area contributed by atoms with Gasteiger partial charge in [0.05, 0.1) is 12.7 Å². The topological polar surface area (TPSA) is 58.4 Å². The molecule has 1 saturated heterocycles. The molecule has 2 aliphatic rings. The molecule has 0 aliphatic carbocycles. The lowest BCUT2D eigenvalue weighted by Crippen LogP contribution is -2.38. The molecule has 2 aromatic rings. The van der Waals surface area contributed by atoms with Gasteiger partial charge < -0.3 is 9.47 Å². The molecule has 38 heavy (non-hydrogen) atoms. The standard InChI is InChI=1S/C21H32N4O2.C8H9Cl.C2H6/c1-16-6-4-9-23(11-8-17(16)2)10-5-7-21(27)24-12-13-25-19(18(3)26)14-22-20(25)15-24;1-2-7-5-3-4-6-8(7)9;1-2/h5,7,14,16-17H,4,6,8-13,15H2,1-3H3;3-6H,2H2,1H3;1-2H3/b7-5+;;. The fourth-order valence-electron chi connectivity index (χ4n) is 4.81. The van der Waals surface area contributed by atoms with Crippen LogP contribution in [0.25, 0.3) is 0 Å². The van der Waals surface area contributed by atoms with Gasteiger partial charge in [-0.25, -0.2) is 4.98 Å². The molecule has 1 amide bonds. The molecular formula is C31H47ClN4O2. The third-order valence-electron chi connectivity index (χ3n) is 7.51. The van der Waals surface area contributed by atoms with E-state index in [2.05, 4.69) is 30.7 Å². The largest absolute Gasteiger partial charge is 0.330 e. The van der Waals surface area contributed by atoms with Crippen molar-refractivity contribution >= 4 is 23.3 Å². The Hall–Kier alpha value is -2.44. The van der Waals surface area contributed by atoms with Gasteiger partial charge in [0, 0.05) is 37.7 Å². The van der Waals surface area contributed by atoms with Crippen LogP contribution in [0.4, 0.5) is 0 Å². The minimum absolute atomic E-state index is 0.0189. The summed E-state index contributed by atoms with van der Waals surface area (Å²) in [5.74, 6) is 2.43. The fraction of sp³-hybridized carbons (Fsp3) is 0.581. The number of nitrogens with zero attached hydrogens (tertiary/aromatic N) is 4. The first-order valence-electron chi connectivity index (χ1n) is 14.3. The number of carbonyl (C=O) groups excluding carboxylic acids is 2. The predicted molar refractivity (Wildman–Crippen MR) is 158 cm³/mol. The minimum Gasteiger partial charge on any atom is -0.330 e. The number of likely N-dealkylation sites (tertiary alicyclic amines) is 1. The molecule has 1 fully saturated rings. The molecule has 1 aromatic carbocycles. The second-order valence-electron chi connectivity index (χ2n) is 10.1. The van der Waals surface area contributed by atoms with E-state index in [0.29, 0.717) is 25.3 Å². The van der Waals surface area contributed by atoms with Crippen LogP contribution in [0, 0.1) is 11.8 Å². The number of Topliss-reactive ketones (excluding diaryl/α,β-unsaturated/α-hetero) is 1. The number of imidazole rings is 1. The number of hydrogen-bond donors (Lipinski definition) is 0. The van der Waals surface area contributed by atoms with Gasteiger partial charge in [-0.2, -0.15) is 0 Å². The van der Waals surface area contributed by atoms with E-state index in [1.54, 1.807) is 24.1 Å². The van der Waals surface area contributed by atoms with Crippen LogP contribution >= 0.6 is 11.6 Å². The molecule has 1 aromatic heterocycles. The van der Waals surface area contributed by atoms with E-state index >= 15 is 0 Å². The maximum absolute atomic E-state index is 12.5. The van der Waals surface area contributed by atoms with Crippen LogP contribution in [0.5, 0.6) is 0 Å². The van der Waals surface area contributed by atoms with E-state index < -0.39 is 0 Å². The Morgan fingerprint density at radius 2 is 1.76 bits per heavy atom. The van der Waals surface area contributed by atoms with Gasteiger partial charge >= 0.3 is 0 Å². The maximum atomic E-state index is 12.5. The zero-order valence-electron chi connectivity index (χ0n) is 24.3. The van der Waals surface area contributed by atoms with Gasteiger partial charge in [-0.1, -0.05) is 70.5 Å². The molecule has 3 heterocycles. The monoisotopic (exact) mass is 542 g/mol. The third kappa shape index (κ3) is 9.39. The number of aryl methyl sites for hydroxylation is 1. The van der Waals surface area contributed by atoms with E-state index in [9.17, 15) is 9.59 Å². The normalized spacial score (nSPS) is 19.8. The molecule has 0 radical (unpaired) electrons. The van der Waals surface area contributed by atoms with Crippen LogP contribution in [-0.2, 0) is 24.3 Å².